The van der Waals surface area contributed by atoms with Crippen LogP contribution in [0.5, 0.6) is 0 Å². The first-order valence-electron chi connectivity index (χ1n) is 38.6. The zero-order valence-corrected chi connectivity index (χ0v) is 62.8. The molecular weight excluding hydrogens is 1430 g/mol. The van der Waals surface area contributed by atoms with Gasteiger partial charge in [0, 0.05) is 100 Å². The maximum Gasteiger partial charge on any atom is 0.143 e. The molecule has 24 rings (SSSR count). The number of hydrogen-bond donors (Lipinski definition) is 0. The summed E-state index contributed by atoms with van der Waals surface area (Å²) >= 11 is 3.69. The van der Waals surface area contributed by atoms with E-state index in [-0.39, 0.29) is 5.92 Å². The summed E-state index contributed by atoms with van der Waals surface area (Å²) in [5.74, 6) is 0.122. The number of hydrogen-bond acceptors (Lipinski definition) is 8. The number of furan rings is 2. The number of aromatic nitrogens is 6. The van der Waals surface area contributed by atoms with Crippen molar-refractivity contribution >= 4 is 156 Å². The second-order valence-electron chi connectivity index (χ2n) is 30.0. The Morgan fingerprint density at radius 2 is 0.675 bits per heavy atom. The molecule has 8 heterocycles. The van der Waals surface area contributed by atoms with Crippen LogP contribution in [0.25, 0.3) is 223 Å². The van der Waals surface area contributed by atoms with E-state index in [1.165, 1.54) is 78.6 Å². The van der Waals surface area contributed by atoms with E-state index in [1.807, 2.05) is 47.5 Å². The minimum atomic E-state index is 0.122. The van der Waals surface area contributed by atoms with Gasteiger partial charge in [-0.3, -0.25) is 0 Å². The van der Waals surface area contributed by atoms with Crippen LogP contribution in [0.15, 0.2) is 368 Å². The van der Waals surface area contributed by atoms with Crippen molar-refractivity contribution in [3.05, 3.63) is 370 Å². The van der Waals surface area contributed by atoms with E-state index < -0.39 is 0 Å². The Morgan fingerprint density at radius 3 is 1.21 bits per heavy atom. The Morgan fingerprint density at radius 1 is 0.289 bits per heavy atom. The second kappa shape index (κ2) is 25.6. The van der Waals surface area contributed by atoms with Crippen LogP contribution in [0, 0.1) is 0 Å². The molecule has 114 heavy (non-hydrogen) atoms. The van der Waals surface area contributed by atoms with Gasteiger partial charge in [0.1, 0.15) is 35.0 Å². The van der Waals surface area contributed by atoms with Crippen LogP contribution in [0.2, 0.25) is 0 Å². The Bertz CT molecular complexity index is 8050. The number of nitrogens with zero attached hydrogens (tertiary/aromatic N) is 6. The van der Waals surface area contributed by atoms with E-state index in [1.54, 1.807) is 12.7 Å². The Hall–Kier alpha value is -14.4. The first-order valence-corrected chi connectivity index (χ1v) is 40.2. The fourth-order valence-corrected chi connectivity index (χ4v) is 20.5. The summed E-state index contributed by atoms with van der Waals surface area (Å²) in [5.41, 5.74) is 28.6. The number of benzene rings is 15. The van der Waals surface area contributed by atoms with E-state index in [2.05, 4.69) is 351 Å². The second-order valence-corrected chi connectivity index (χ2v) is 32.2. The molecule has 0 fully saturated rings. The number of para-hydroxylation sites is 2. The van der Waals surface area contributed by atoms with E-state index in [4.69, 9.17) is 8.83 Å². The van der Waals surface area contributed by atoms with Gasteiger partial charge < -0.3 is 18.0 Å². The van der Waals surface area contributed by atoms with Crippen LogP contribution in [0.1, 0.15) is 23.5 Å². The van der Waals surface area contributed by atoms with Crippen molar-refractivity contribution < 1.29 is 8.83 Å². The lowest BCUT2D eigenvalue weighted by Gasteiger charge is -2.20. The highest BCUT2D eigenvalue weighted by atomic mass is 32.1. The van der Waals surface area contributed by atoms with Crippen molar-refractivity contribution in [1.82, 2.24) is 29.1 Å². The lowest BCUT2D eigenvalue weighted by Crippen LogP contribution is -2.01. The number of allylic oxidation sites excluding steroid dienone is 4. The van der Waals surface area contributed by atoms with Crippen LogP contribution < -0.4 is 0 Å². The molecule has 0 radical (unpaired) electrons. The monoisotopic (exact) mass is 1490 g/mol. The molecule has 0 N–H and O–H groups in total. The van der Waals surface area contributed by atoms with Crippen molar-refractivity contribution in [1.29, 1.82) is 0 Å². The molecular formula is C104H62N6O2S2. The molecule has 0 amide bonds. The van der Waals surface area contributed by atoms with E-state index in [0.717, 1.165) is 162 Å². The summed E-state index contributed by atoms with van der Waals surface area (Å²) in [5, 5.41) is 14.0. The van der Waals surface area contributed by atoms with Gasteiger partial charge in [-0.05, 0) is 211 Å². The summed E-state index contributed by atoms with van der Waals surface area (Å²) in [7, 11) is 0. The van der Waals surface area contributed by atoms with Crippen molar-refractivity contribution in [2.24, 2.45) is 0 Å². The van der Waals surface area contributed by atoms with E-state index in [0.29, 0.717) is 0 Å². The molecule has 0 bridgehead atoms. The Kier molecular flexibility index (Phi) is 14.4. The highest BCUT2D eigenvalue weighted by molar-refractivity contribution is 7.26. The molecule has 15 aromatic carbocycles. The van der Waals surface area contributed by atoms with Crippen molar-refractivity contribution in [3.63, 3.8) is 0 Å². The van der Waals surface area contributed by atoms with Gasteiger partial charge in [0.15, 0.2) is 0 Å². The predicted octanol–water partition coefficient (Wildman–Crippen LogP) is 28.8. The van der Waals surface area contributed by atoms with Gasteiger partial charge in [-0.1, -0.05) is 200 Å². The fraction of sp³-hybridized carbons (Fsp3) is 0.0192. The van der Waals surface area contributed by atoms with E-state index in [9.17, 15) is 0 Å². The van der Waals surface area contributed by atoms with Crippen molar-refractivity contribution in [2.45, 2.75) is 12.3 Å². The molecule has 23 aromatic rings. The van der Waals surface area contributed by atoms with Gasteiger partial charge in [0.25, 0.3) is 0 Å². The molecule has 1 unspecified atom stereocenters. The molecule has 1 atom stereocenters. The average Bonchev–Trinajstić information content (AvgIpc) is 1.66. The maximum atomic E-state index is 7.46. The Labute approximate surface area is 661 Å². The smallest absolute Gasteiger partial charge is 0.143 e. The van der Waals surface area contributed by atoms with Gasteiger partial charge in [-0.2, -0.15) is 0 Å². The number of fused-ring (bicyclic) bond motifs is 18. The first-order chi connectivity index (χ1) is 56.5. The lowest BCUT2D eigenvalue weighted by molar-refractivity contribution is 0.669. The van der Waals surface area contributed by atoms with Crippen molar-refractivity contribution in [3.8, 4) is 89.3 Å². The average molecular weight is 1490 g/mol. The minimum absolute atomic E-state index is 0.122. The minimum Gasteiger partial charge on any atom is -0.455 e. The molecule has 8 nitrogen and oxygen atoms in total. The first kappa shape index (κ1) is 64.4. The largest absolute Gasteiger partial charge is 0.455 e. The third-order valence-electron chi connectivity index (χ3n) is 23.7. The third kappa shape index (κ3) is 10.3. The number of rotatable bonds is 11. The van der Waals surface area contributed by atoms with Gasteiger partial charge >= 0.3 is 0 Å². The molecule has 10 heteroatoms. The SMILES string of the molecule is C1=CC(c2cccc(-c3ccc(-c4ccc(-c5cccc(-c6cccc(-c7ccc8c(c7)c7ccccc7n8-c7cncnc7)c6)c5)c5oc6ccc(-c7ccc8sc9ccccc9c8c7)cc6c45)c4c3oc3ccc(-c5ccc6sc7ccccc7c6c5)cc34)c2)CC(c2ccc3c(c2)c2ccccc2n3-c2cncnc2)=C1. The van der Waals surface area contributed by atoms with Gasteiger partial charge in [-0.25, -0.2) is 19.9 Å². The highest BCUT2D eigenvalue weighted by Gasteiger charge is 2.27. The molecule has 1 aliphatic carbocycles. The van der Waals surface area contributed by atoms with Gasteiger partial charge in [0.2, 0.25) is 0 Å². The Balaban J connectivity index is 0.663. The summed E-state index contributed by atoms with van der Waals surface area (Å²) in [6.45, 7) is 0. The molecule has 532 valence electrons. The van der Waals surface area contributed by atoms with Crippen molar-refractivity contribution in [2.75, 3.05) is 0 Å². The summed E-state index contributed by atoms with van der Waals surface area (Å²) in [4.78, 5) is 17.6. The topological polar surface area (TPSA) is 87.7 Å². The molecule has 1 aliphatic rings. The van der Waals surface area contributed by atoms with E-state index >= 15 is 0 Å². The highest BCUT2D eigenvalue weighted by Crippen LogP contribution is 2.51. The fourth-order valence-electron chi connectivity index (χ4n) is 18.3. The standard InChI is InChI=1S/C104H62N6O2S2/c1-5-25-91-79(21-1)85-49-67(29-39-93(85)109(91)75-55-105-59-106-56-75)63-15-9-13-61(45-63)65-17-11-19-73(47-65)77-35-37-83(101-89-53-69(31-41-95(89)111-103(77)101)71-33-43-99-87(51-71)81-23-3-7-27-97(81)113-99)84-38-36-78(104-102(84)90-54-70(32-42-96(90)112-104)72-34-44-100-88(52-72)82-24-4-8-28-98(82)114-100)74-20-12-18-66(48-74)62-14-10-16-64(46-62)68-30-40-94-86(50-68)80-22-2-6-26-92(80)110(94)76-57-107-60-108-58-76/h1-45,47-60,62H,46H2. The van der Waals surface area contributed by atoms with Crippen LogP contribution in [-0.2, 0) is 0 Å². The van der Waals surface area contributed by atoms with Gasteiger partial charge in [0.05, 0.1) is 58.2 Å². The molecule has 0 saturated carbocycles. The zero-order chi connectivity index (χ0) is 74.6. The van der Waals surface area contributed by atoms with Gasteiger partial charge in [-0.15, -0.1) is 22.7 Å². The lowest BCUT2D eigenvalue weighted by atomic mass is 9.84. The molecule has 0 saturated heterocycles. The molecule has 8 aromatic heterocycles. The summed E-state index contributed by atoms with van der Waals surface area (Å²) in [6, 6.07) is 112. The molecule has 0 spiro atoms. The van der Waals surface area contributed by atoms with Crippen LogP contribution in [0.4, 0.5) is 0 Å². The van der Waals surface area contributed by atoms with Crippen LogP contribution in [0.3, 0.4) is 0 Å². The zero-order valence-electron chi connectivity index (χ0n) is 61.2. The predicted molar refractivity (Wildman–Crippen MR) is 476 cm³/mol. The summed E-state index contributed by atoms with van der Waals surface area (Å²) in [6.07, 6.45) is 18.4. The number of thiophene rings is 2. The van der Waals surface area contributed by atoms with Crippen LogP contribution >= 0.6 is 22.7 Å². The third-order valence-corrected chi connectivity index (χ3v) is 26.0. The maximum absolute atomic E-state index is 7.46. The summed E-state index contributed by atoms with van der Waals surface area (Å²) < 4.78 is 24.6. The van der Waals surface area contributed by atoms with Crippen LogP contribution in [-0.4, -0.2) is 29.1 Å². The quantitative estimate of drug-likeness (QED) is 0.128. The normalized spacial score (nSPS) is 13.3. The molecule has 0 aliphatic heterocycles.